The van der Waals surface area contributed by atoms with E-state index in [-0.39, 0.29) is 11.3 Å². The van der Waals surface area contributed by atoms with Crippen LogP contribution in [0.4, 0.5) is 11.4 Å². The van der Waals surface area contributed by atoms with Gasteiger partial charge in [0.15, 0.2) is 0 Å². The third kappa shape index (κ3) is 4.85. The quantitative estimate of drug-likeness (QED) is 0.541. The summed E-state index contributed by atoms with van der Waals surface area (Å²) >= 11 is 0. The van der Waals surface area contributed by atoms with E-state index >= 15 is 0 Å². The van der Waals surface area contributed by atoms with Gasteiger partial charge in [-0.25, -0.2) is 0 Å². The molecule has 0 bridgehead atoms. The number of nitriles is 1. The smallest absolute Gasteiger partial charge is 0.267 e. The zero-order chi connectivity index (χ0) is 18.2. The largest absolute Gasteiger partial charge is 0.508 e. The molecular formula is C20H21N3O2. The number of carbonyl (C=O) groups is 1. The average Bonchev–Trinajstić information content (AvgIpc) is 2.62. The highest BCUT2D eigenvalue weighted by Crippen LogP contribution is 2.26. The Hall–Kier alpha value is -3.26. The zero-order valence-electron chi connectivity index (χ0n) is 14.3. The number of hydrogen-bond acceptors (Lipinski definition) is 4. The third-order valence-corrected chi connectivity index (χ3v) is 3.95. The molecule has 0 radical (unpaired) electrons. The van der Waals surface area contributed by atoms with Crippen molar-refractivity contribution in [3.05, 3.63) is 65.9 Å². The van der Waals surface area contributed by atoms with Gasteiger partial charge in [-0.1, -0.05) is 38.1 Å². The zero-order valence-corrected chi connectivity index (χ0v) is 14.3. The Labute approximate surface area is 147 Å². The molecule has 5 nitrogen and oxygen atoms in total. The minimum atomic E-state index is -0.540. The molecule has 1 amide bonds. The molecule has 2 aromatic rings. The molecule has 0 heterocycles. The van der Waals surface area contributed by atoms with Crippen LogP contribution in [-0.2, 0) is 4.79 Å². The van der Waals surface area contributed by atoms with E-state index in [1.807, 2.05) is 30.3 Å². The average molecular weight is 335 g/mol. The first kappa shape index (κ1) is 18.1. The van der Waals surface area contributed by atoms with E-state index in [4.69, 9.17) is 0 Å². The Kier molecular flexibility index (Phi) is 6.19. The van der Waals surface area contributed by atoms with E-state index in [9.17, 15) is 15.2 Å². The number of nitrogens with zero attached hydrogens (tertiary/aromatic N) is 1. The van der Waals surface area contributed by atoms with Crippen molar-refractivity contribution in [2.45, 2.75) is 26.2 Å². The molecule has 128 valence electrons. The number of phenols is 1. The van der Waals surface area contributed by atoms with E-state index in [0.29, 0.717) is 11.6 Å². The molecule has 0 spiro atoms. The number of carbonyl (C=O) groups excluding carboxylic acids is 1. The van der Waals surface area contributed by atoms with Crippen LogP contribution in [-0.4, -0.2) is 11.0 Å². The molecule has 5 heteroatoms. The van der Waals surface area contributed by atoms with Crippen molar-refractivity contribution in [2.24, 2.45) is 0 Å². The third-order valence-electron chi connectivity index (χ3n) is 3.95. The van der Waals surface area contributed by atoms with Crippen molar-refractivity contribution in [3.8, 4) is 11.8 Å². The first-order valence-electron chi connectivity index (χ1n) is 8.11. The van der Waals surface area contributed by atoms with Crippen LogP contribution >= 0.6 is 0 Å². The normalized spacial score (nSPS) is 12.1. The summed E-state index contributed by atoms with van der Waals surface area (Å²) in [7, 11) is 0. The van der Waals surface area contributed by atoms with Crippen molar-refractivity contribution in [1.29, 1.82) is 5.26 Å². The number of aromatic hydroxyl groups is 1. The number of rotatable bonds is 6. The molecule has 2 rings (SSSR count). The highest BCUT2D eigenvalue weighted by atomic mass is 16.3. The highest BCUT2D eigenvalue weighted by molar-refractivity contribution is 6.06. The molecule has 1 unspecified atom stereocenters. The lowest BCUT2D eigenvalue weighted by Crippen LogP contribution is -2.14. The molecule has 3 N–H and O–H groups in total. The maximum absolute atomic E-state index is 12.2. The molecule has 1 atom stereocenters. The predicted octanol–water partition coefficient (Wildman–Crippen LogP) is 4.36. The van der Waals surface area contributed by atoms with Crippen molar-refractivity contribution in [2.75, 3.05) is 10.6 Å². The number of amides is 1. The fourth-order valence-corrected chi connectivity index (χ4v) is 2.36. The first-order valence-corrected chi connectivity index (χ1v) is 8.11. The van der Waals surface area contributed by atoms with Gasteiger partial charge < -0.3 is 15.7 Å². The molecule has 0 aromatic heterocycles. The number of nitrogens with one attached hydrogen (secondary N) is 2. The summed E-state index contributed by atoms with van der Waals surface area (Å²) in [6, 6.07) is 15.9. The molecule has 0 fully saturated rings. The lowest BCUT2D eigenvalue weighted by molar-refractivity contribution is -0.112. The van der Waals surface area contributed by atoms with E-state index in [0.717, 1.165) is 17.7 Å². The van der Waals surface area contributed by atoms with E-state index in [2.05, 4.69) is 24.5 Å². The molecule has 0 aliphatic rings. The van der Waals surface area contributed by atoms with E-state index in [1.54, 1.807) is 12.1 Å². The van der Waals surface area contributed by atoms with Crippen LogP contribution in [0.5, 0.6) is 5.75 Å². The number of hydrogen-bond donors (Lipinski definition) is 3. The summed E-state index contributed by atoms with van der Waals surface area (Å²) in [6.45, 7) is 4.24. The van der Waals surface area contributed by atoms with Crippen LogP contribution < -0.4 is 10.6 Å². The van der Waals surface area contributed by atoms with Crippen molar-refractivity contribution in [1.82, 2.24) is 0 Å². The summed E-state index contributed by atoms with van der Waals surface area (Å²) in [5.41, 5.74) is 2.37. The van der Waals surface area contributed by atoms with Gasteiger partial charge in [-0.3, -0.25) is 4.79 Å². The maximum atomic E-state index is 12.2. The molecule has 2 aromatic carbocycles. The van der Waals surface area contributed by atoms with Crippen LogP contribution in [0.25, 0.3) is 0 Å². The number of benzene rings is 2. The number of para-hydroxylation sites is 1. The van der Waals surface area contributed by atoms with Crippen LogP contribution in [0.1, 0.15) is 31.7 Å². The Morgan fingerprint density at radius 3 is 2.72 bits per heavy atom. The van der Waals surface area contributed by atoms with Crippen molar-refractivity contribution < 1.29 is 9.90 Å². The topological polar surface area (TPSA) is 85.2 Å². The number of anilines is 2. The Morgan fingerprint density at radius 2 is 2.04 bits per heavy atom. The second-order valence-electron chi connectivity index (χ2n) is 5.72. The second kappa shape index (κ2) is 8.55. The number of phenolic OH excluding ortho intramolecular Hbond substituents is 1. The van der Waals surface area contributed by atoms with Gasteiger partial charge in [0.25, 0.3) is 5.91 Å². The van der Waals surface area contributed by atoms with Crippen LogP contribution in [0.15, 0.2) is 60.3 Å². The van der Waals surface area contributed by atoms with Gasteiger partial charge in [0.2, 0.25) is 0 Å². The minimum Gasteiger partial charge on any atom is -0.508 e. The lowest BCUT2D eigenvalue weighted by Gasteiger charge is -2.14. The Morgan fingerprint density at radius 1 is 1.28 bits per heavy atom. The molecule has 0 saturated heterocycles. The molecule has 0 saturated carbocycles. The first-order chi connectivity index (χ1) is 12.0. The molecular weight excluding hydrogens is 314 g/mol. The minimum absolute atomic E-state index is 0.0425. The van der Waals surface area contributed by atoms with Gasteiger partial charge >= 0.3 is 0 Å². The predicted molar refractivity (Wildman–Crippen MR) is 99.2 cm³/mol. The summed E-state index contributed by atoms with van der Waals surface area (Å²) in [6.07, 6.45) is 2.39. The fourth-order valence-electron chi connectivity index (χ4n) is 2.36. The van der Waals surface area contributed by atoms with Crippen LogP contribution in [0.3, 0.4) is 0 Å². The van der Waals surface area contributed by atoms with Crippen molar-refractivity contribution >= 4 is 17.3 Å². The highest BCUT2D eigenvalue weighted by Gasteiger charge is 2.11. The fraction of sp³-hybridized carbons (Fsp3) is 0.200. The van der Waals surface area contributed by atoms with Gasteiger partial charge in [-0.05, 0) is 36.1 Å². The molecule has 0 aliphatic carbocycles. The van der Waals surface area contributed by atoms with Gasteiger partial charge in [-0.2, -0.15) is 5.26 Å². The van der Waals surface area contributed by atoms with Gasteiger partial charge in [0.1, 0.15) is 17.4 Å². The SMILES string of the molecule is CCC(C)c1ccccc1N/C=C(/C#N)C(=O)Nc1cccc(O)c1. The molecule has 0 aliphatic heterocycles. The summed E-state index contributed by atoms with van der Waals surface area (Å²) in [4.78, 5) is 12.2. The Bertz CT molecular complexity index is 822. The van der Waals surface area contributed by atoms with E-state index < -0.39 is 5.91 Å². The van der Waals surface area contributed by atoms with Crippen molar-refractivity contribution in [3.63, 3.8) is 0 Å². The van der Waals surface area contributed by atoms with Gasteiger partial charge in [0, 0.05) is 23.6 Å². The summed E-state index contributed by atoms with van der Waals surface area (Å²) in [5, 5.41) is 24.4. The van der Waals surface area contributed by atoms with Crippen LogP contribution in [0, 0.1) is 11.3 Å². The molecule has 25 heavy (non-hydrogen) atoms. The van der Waals surface area contributed by atoms with Crippen LogP contribution in [0.2, 0.25) is 0 Å². The van der Waals surface area contributed by atoms with E-state index in [1.165, 1.54) is 18.3 Å². The summed E-state index contributed by atoms with van der Waals surface area (Å²) < 4.78 is 0. The van der Waals surface area contributed by atoms with Gasteiger partial charge in [-0.15, -0.1) is 0 Å². The lowest BCUT2D eigenvalue weighted by atomic mass is 9.97. The van der Waals surface area contributed by atoms with Gasteiger partial charge in [0.05, 0.1) is 0 Å². The monoisotopic (exact) mass is 335 g/mol. The standard InChI is InChI=1S/C20H21N3O2/c1-3-14(2)18-9-4-5-10-19(18)22-13-15(12-21)20(25)23-16-7-6-8-17(24)11-16/h4-11,13-14,22,24H,3H2,1-2H3,(H,23,25)/b15-13-. The Balaban J connectivity index is 2.16. The summed E-state index contributed by atoms with van der Waals surface area (Å²) in [5.74, 6) is -0.133. The maximum Gasteiger partial charge on any atom is 0.267 e. The second-order valence-corrected chi connectivity index (χ2v) is 5.72.